The van der Waals surface area contributed by atoms with E-state index in [0.29, 0.717) is 30.8 Å². The smallest absolute Gasteiger partial charge is 0.253 e. The molecule has 3 rings (SSSR count). The van der Waals surface area contributed by atoms with Crippen LogP contribution in [0.3, 0.4) is 0 Å². The highest BCUT2D eigenvalue weighted by Crippen LogP contribution is 2.16. The van der Waals surface area contributed by atoms with Crippen molar-refractivity contribution in [2.75, 3.05) is 19.6 Å². The minimum absolute atomic E-state index is 0.00743. The zero-order valence-electron chi connectivity index (χ0n) is 25.8. The van der Waals surface area contributed by atoms with E-state index in [9.17, 15) is 23.5 Å². The average molecular weight is 594 g/mol. The Bertz CT molecular complexity index is 1340. The maximum atomic E-state index is 14.0. The van der Waals surface area contributed by atoms with Crippen LogP contribution in [0.5, 0.6) is 0 Å². The number of rotatable bonds is 16. The Morgan fingerprint density at radius 3 is 2.23 bits per heavy atom. The van der Waals surface area contributed by atoms with Crippen LogP contribution in [0.15, 0.2) is 60.7 Å². The van der Waals surface area contributed by atoms with Gasteiger partial charge in [-0.05, 0) is 85.2 Å². The highest BCUT2D eigenvalue weighted by molar-refractivity contribution is 6.00. The molecule has 0 radical (unpaired) electrons. The predicted octanol–water partition coefficient (Wildman–Crippen LogP) is 5.98. The molecular formula is C35H45F2N3O3. The molecule has 232 valence electrons. The predicted molar refractivity (Wildman–Crippen MR) is 167 cm³/mol. The van der Waals surface area contributed by atoms with E-state index in [-0.39, 0.29) is 24.4 Å². The number of hydrogen-bond acceptors (Lipinski definition) is 4. The van der Waals surface area contributed by atoms with Gasteiger partial charge in [0.15, 0.2) is 0 Å². The van der Waals surface area contributed by atoms with Crippen LogP contribution in [0.1, 0.15) is 83.0 Å². The van der Waals surface area contributed by atoms with Gasteiger partial charge in [0, 0.05) is 43.4 Å². The Morgan fingerprint density at radius 1 is 0.860 bits per heavy atom. The first-order valence-electron chi connectivity index (χ1n) is 15.3. The topological polar surface area (TPSA) is 81.7 Å². The zero-order chi connectivity index (χ0) is 31.4. The number of aryl methyl sites for hydroxylation is 2. The van der Waals surface area contributed by atoms with Crippen molar-refractivity contribution in [2.45, 2.75) is 78.5 Å². The van der Waals surface area contributed by atoms with Crippen molar-refractivity contribution in [3.05, 3.63) is 106 Å². The van der Waals surface area contributed by atoms with Crippen LogP contribution < -0.4 is 10.6 Å². The molecule has 2 atom stereocenters. The number of aliphatic hydroxyl groups excluding tert-OH is 1. The lowest BCUT2D eigenvalue weighted by molar-refractivity contribution is 0.0753. The standard InChI is InChI=1S/C35H45F2N3O3/c1-5-8-13-40(12-6-2)35(43)29-15-24(4)14-28(20-29)34(42)39-32(19-27-17-30(36)21-31(37)18-27)33(41)23-38-22-26-11-9-10-25(7-3)16-26/h9-11,14-18,20-21,32-33,38,41H,5-8,12-13,19,22-23H2,1-4H3,(H,39,42)/t32-,33+/m0/s1. The summed E-state index contributed by atoms with van der Waals surface area (Å²) in [6.07, 6.45) is 2.54. The van der Waals surface area contributed by atoms with E-state index in [1.807, 2.05) is 30.9 Å². The Balaban J connectivity index is 1.80. The number of nitrogens with zero attached hydrogens (tertiary/aromatic N) is 1. The first-order chi connectivity index (χ1) is 20.6. The van der Waals surface area contributed by atoms with Crippen molar-refractivity contribution in [1.29, 1.82) is 0 Å². The van der Waals surface area contributed by atoms with Gasteiger partial charge in [-0.2, -0.15) is 0 Å². The van der Waals surface area contributed by atoms with Crippen LogP contribution in [0, 0.1) is 18.6 Å². The maximum absolute atomic E-state index is 14.0. The van der Waals surface area contributed by atoms with Crippen LogP contribution in [0.2, 0.25) is 0 Å². The lowest BCUT2D eigenvalue weighted by Crippen LogP contribution is -2.48. The third-order valence-corrected chi connectivity index (χ3v) is 7.39. The molecule has 0 unspecified atom stereocenters. The van der Waals surface area contributed by atoms with Gasteiger partial charge in [-0.3, -0.25) is 9.59 Å². The molecule has 8 heteroatoms. The largest absolute Gasteiger partial charge is 0.390 e. The second-order valence-corrected chi connectivity index (χ2v) is 11.2. The lowest BCUT2D eigenvalue weighted by atomic mass is 9.99. The van der Waals surface area contributed by atoms with E-state index in [1.54, 1.807) is 18.2 Å². The summed E-state index contributed by atoms with van der Waals surface area (Å²) in [4.78, 5) is 28.7. The molecule has 43 heavy (non-hydrogen) atoms. The highest BCUT2D eigenvalue weighted by atomic mass is 19.1. The third kappa shape index (κ3) is 10.6. The number of amides is 2. The molecule has 0 aliphatic heterocycles. The number of benzene rings is 3. The van der Waals surface area contributed by atoms with Gasteiger partial charge < -0.3 is 20.6 Å². The van der Waals surface area contributed by atoms with E-state index >= 15 is 0 Å². The summed E-state index contributed by atoms with van der Waals surface area (Å²) >= 11 is 0. The van der Waals surface area contributed by atoms with Gasteiger partial charge >= 0.3 is 0 Å². The minimum atomic E-state index is -1.07. The normalized spacial score (nSPS) is 12.5. The van der Waals surface area contributed by atoms with Gasteiger partial charge in [0.25, 0.3) is 11.8 Å². The molecule has 0 saturated heterocycles. The molecular weight excluding hydrogens is 548 g/mol. The molecule has 3 aromatic carbocycles. The number of carbonyl (C=O) groups excluding carboxylic acids is 2. The van der Waals surface area contributed by atoms with Crippen molar-refractivity contribution < 1.29 is 23.5 Å². The summed E-state index contributed by atoms with van der Waals surface area (Å²) in [5.74, 6) is -2.07. The van der Waals surface area contributed by atoms with Crippen molar-refractivity contribution >= 4 is 11.8 Å². The average Bonchev–Trinajstić information content (AvgIpc) is 2.97. The molecule has 0 fully saturated rings. The molecule has 0 spiro atoms. The Kier molecular flexibility index (Phi) is 13.3. The molecule has 0 heterocycles. The van der Waals surface area contributed by atoms with Gasteiger partial charge in [0.1, 0.15) is 11.6 Å². The fraction of sp³-hybridized carbons (Fsp3) is 0.429. The van der Waals surface area contributed by atoms with Gasteiger partial charge in [-0.15, -0.1) is 0 Å². The van der Waals surface area contributed by atoms with E-state index in [0.717, 1.165) is 42.9 Å². The van der Waals surface area contributed by atoms with Crippen LogP contribution in [0.4, 0.5) is 8.78 Å². The molecule has 3 aromatic rings. The number of nitrogens with one attached hydrogen (secondary N) is 2. The Labute approximate surface area is 254 Å². The summed E-state index contributed by atoms with van der Waals surface area (Å²) in [7, 11) is 0. The van der Waals surface area contributed by atoms with Gasteiger partial charge in [-0.1, -0.05) is 51.5 Å². The molecule has 0 saturated carbocycles. The quantitative estimate of drug-likeness (QED) is 0.191. The van der Waals surface area contributed by atoms with E-state index in [1.165, 1.54) is 17.7 Å². The molecule has 3 N–H and O–H groups in total. The van der Waals surface area contributed by atoms with Gasteiger partial charge in [0.2, 0.25) is 0 Å². The number of hydrogen-bond donors (Lipinski definition) is 3. The minimum Gasteiger partial charge on any atom is -0.390 e. The Hall–Kier alpha value is -3.62. The van der Waals surface area contributed by atoms with Gasteiger partial charge in [-0.25, -0.2) is 8.78 Å². The summed E-state index contributed by atoms with van der Waals surface area (Å²) in [5.41, 5.74) is 4.04. The first kappa shape index (κ1) is 33.9. The van der Waals surface area contributed by atoms with Crippen LogP contribution in [0.25, 0.3) is 0 Å². The molecule has 2 amide bonds. The van der Waals surface area contributed by atoms with Gasteiger partial charge in [0.05, 0.1) is 12.1 Å². The summed E-state index contributed by atoms with van der Waals surface area (Å²) in [6, 6.07) is 15.5. The number of aliphatic hydroxyl groups is 1. The van der Waals surface area contributed by atoms with Crippen LogP contribution in [-0.4, -0.2) is 53.6 Å². The first-order valence-corrected chi connectivity index (χ1v) is 15.3. The van der Waals surface area contributed by atoms with E-state index in [2.05, 4.69) is 36.6 Å². The number of carbonyl (C=O) groups is 2. The monoisotopic (exact) mass is 593 g/mol. The summed E-state index contributed by atoms with van der Waals surface area (Å²) < 4.78 is 28.0. The third-order valence-electron chi connectivity index (χ3n) is 7.39. The van der Waals surface area contributed by atoms with Crippen LogP contribution >= 0.6 is 0 Å². The number of unbranched alkanes of at least 4 members (excludes halogenated alkanes) is 1. The second-order valence-electron chi connectivity index (χ2n) is 11.2. The van der Waals surface area contributed by atoms with E-state index < -0.39 is 29.7 Å². The zero-order valence-corrected chi connectivity index (χ0v) is 25.8. The van der Waals surface area contributed by atoms with Crippen LogP contribution in [-0.2, 0) is 19.4 Å². The van der Waals surface area contributed by atoms with Crippen molar-refractivity contribution in [3.63, 3.8) is 0 Å². The van der Waals surface area contributed by atoms with Crippen molar-refractivity contribution in [3.8, 4) is 0 Å². The Morgan fingerprint density at radius 2 is 1.56 bits per heavy atom. The SMILES string of the molecule is CCCCN(CCC)C(=O)c1cc(C)cc(C(=O)N[C@@H](Cc2cc(F)cc(F)c2)[C@H](O)CNCc2cccc(CC)c2)c1. The highest BCUT2D eigenvalue weighted by Gasteiger charge is 2.24. The summed E-state index contributed by atoms with van der Waals surface area (Å²) in [6.45, 7) is 9.93. The van der Waals surface area contributed by atoms with Crippen molar-refractivity contribution in [2.24, 2.45) is 0 Å². The molecule has 6 nitrogen and oxygen atoms in total. The lowest BCUT2D eigenvalue weighted by Gasteiger charge is -2.25. The second kappa shape index (κ2) is 16.9. The van der Waals surface area contributed by atoms with E-state index in [4.69, 9.17) is 0 Å². The molecule has 0 bridgehead atoms. The molecule has 0 aliphatic carbocycles. The fourth-order valence-corrected chi connectivity index (χ4v) is 5.14. The number of halogens is 2. The summed E-state index contributed by atoms with van der Waals surface area (Å²) in [5, 5.41) is 17.3. The molecule has 0 aliphatic rings. The maximum Gasteiger partial charge on any atom is 0.253 e. The fourth-order valence-electron chi connectivity index (χ4n) is 5.14. The molecule has 0 aromatic heterocycles. The van der Waals surface area contributed by atoms with Crippen molar-refractivity contribution in [1.82, 2.24) is 15.5 Å².